The van der Waals surface area contributed by atoms with Crippen LogP contribution in [0.5, 0.6) is 0 Å². The van der Waals surface area contributed by atoms with E-state index in [0.717, 1.165) is 38.8 Å². The van der Waals surface area contributed by atoms with Crippen LogP contribution in [0.1, 0.15) is 37.4 Å². The van der Waals surface area contributed by atoms with Crippen LogP contribution in [0.15, 0.2) is 6.20 Å². The van der Waals surface area contributed by atoms with Gasteiger partial charge < -0.3 is 10.4 Å². The van der Waals surface area contributed by atoms with Crippen LogP contribution < -0.4 is 5.32 Å². The number of nitrogens with zero attached hydrogens (tertiary/aromatic N) is 2. The molecule has 0 radical (unpaired) electrons. The largest absolute Gasteiger partial charge is 0.393 e. The van der Waals surface area contributed by atoms with Gasteiger partial charge in [-0.05, 0) is 38.1 Å². The highest BCUT2D eigenvalue weighted by Gasteiger charge is 2.22. The molecule has 4 heteroatoms. The van der Waals surface area contributed by atoms with Crippen LogP contribution in [0, 0.1) is 5.92 Å². The summed E-state index contributed by atoms with van der Waals surface area (Å²) in [4.78, 5) is 0. The Morgan fingerprint density at radius 2 is 2.35 bits per heavy atom. The third-order valence-electron chi connectivity index (χ3n) is 3.59. The Bertz CT molecular complexity index is 362. The van der Waals surface area contributed by atoms with E-state index in [9.17, 15) is 5.11 Å². The van der Waals surface area contributed by atoms with E-state index < -0.39 is 0 Å². The molecule has 0 bridgehead atoms. The molecule has 2 N–H and O–H groups in total. The van der Waals surface area contributed by atoms with Crippen LogP contribution in [0.3, 0.4) is 0 Å². The number of aliphatic hydroxyl groups excluding tert-OH is 1. The Morgan fingerprint density at radius 1 is 1.53 bits per heavy atom. The predicted octanol–water partition coefficient (Wildman–Crippen LogP) is 1.23. The molecule has 2 atom stereocenters. The lowest BCUT2D eigenvalue weighted by Crippen LogP contribution is -2.21. The Labute approximate surface area is 103 Å². The first-order valence-corrected chi connectivity index (χ1v) is 6.59. The highest BCUT2D eigenvalue weighted by Crippen LogP contribution is 2.24. The summed E-state index contributed by atoms with van der Waals surface area (Å²) in [6.45, 7) is 4.04. The molecule has 0 amide bonds. The maximum atomic E-state index is 9.46. The lowest BCUT2D eigenvalue weighted by Gasteiger charge is -2.10. The van der Waals surface area contributed by atoms with Gasteiger partial charge in [0, 0.05) is 25.4 Å². The van der Waals surface area contributed by atoms with E-state index >= 15 is 0 Å². The summed E-state index contributed by atoms with van der Waals surface area (Å²) >= 11 is 0. The third kappa shape index (κ3) is 3.30. The fourth-order valence-electron chi connectivity index (χ4n) is 2.67. The van der Waals surface area contributed by atoms with E-state index in [1.807, 2.05) is 11.7 Å². The summed E-state index contributed by atoms with van der Waals surface area (Å²) in [7, 11) is 1.97. The zero-order chi connectivity index (χ0) is 12.3. The molecule has 1 saturated carbocycles. The molecule has 1 heterocycles. The highest BCUT2D eigenvalue weighted by atomic mass is 16.3. The second kappa shape index (κ2) is 5.65. The minimum absolute atomic E-state index is 0.0635. The fourth-order valence-corrected chi connectivity index (χ4v) is 2.67. The van der Waals surface area contributed by atoms with E-state index in [4.69, 9.17) is 0 Å². The zero-order valence-electron chi connectivity index (χ0n) is 10.8. The lowest BCUT2D eigenvalue weighted by atomic mass is 10.1. The van der Waals surface area contributed by atoms with Crippen LogP contribution in [-0.4, -0.2) is 27.5 Å². The van der Waals surface area contributed by atoms with E-state index in [1.54, 1.807) is 0 Å². The highest BCUT2D eigenvalue weighted by molar-refractivity contribution is 5.16. The van der Waals surface area contributed by atoms with Crippen molar-refractivity contribution in [2.45, 2.75) is 45.3 Å². The van der Waals surface area contributed by atoms with Crippen molar-refractivity contribution in [3.8, 4) is 0 Å². The molecule has 0 aliphatic heterocycles. The SMILES string of the molecule is CCc1nn(C)cc1CNCC1CCC(O)C1. The molecular formula is C13H23N3O. The quantitative estimate of drug-likeness (QED) is 0.810. The van der Waals surface area contributed by atoms with Crippen molar-refractivity contribution in [2.24, 2.45) is 13.0 Å². The van der Waals surface area contributed by atoms with Gasteiger partial charge in [-0.15, -0.1) is 0 Å². The van der Waals surface area contributed by atoms with Crippen molar-refractivity contribution >= 4 is 0 Å². The molecule has 4 nitrogen and oxygen atoms in total. The zero-order valence-corrected chi connectivity index (χ0v) is 10.8. The molecule has 1 aromatic rings. The molecule has 0 aromatic carbocycles. The maximum absolute atomic E-state index is 9.46. The summed E-state index contributed by atoms with van der Waals surface area (Å²) in [6, 6.07) is 0. The first kappa shape index (κ1) is 12.6. The summed E-state index contributed by atoms with van der Waals surface area (Å²) in [6.07, 6.45) is 6.10. The van der Waals surface area contributed by atoms with Gasteiger partial charge in [-0.3, -0.25) is 4.68 Å². The van der Waals surface area contributed by atoms with Crippen molar-refractivity contribution in [1.29, 1.82) is 0 Å². The second-order valence-corrected chi connectivity index (χ2v) is 5.09. The van der Waals surface area contributed by atoms with E-state index in [1.165, 1.54) is 11.3 Å². The Balaban J connectivity index is 1.77. The minimum atomic E-state index is -0.0635. The number of hydrogen-bond donors (Lipinski definition) is 2. The van der Waals surface area contributed by atoms with Crippen molar-refractivity contribution in [3.63, 3.8) is 0 Å². The number of hydrogen-bond acceptors (Lipinski definition) is 3. The van der Waals surface area contributed by atoms with Crippen LogP contribution in [0.2, 0.25) is 0 Å². The van der Waals surface area contributed by atoms with Gasteiger partial charge in [-0.25, -0.2) is 0 Å². The first-order valence-electron chi connectivity index (χ1n) is 6.59. The first-order chi connectivity index (χ1) is 8.19. The van der Waals surface area contributed by atoms with Gasteiger partial charge >= 0.3 is 0 Å². The number of nitrogens with one attached hydrogen (secondary N) is 1. The van der Waals surface area contributed by atoms with Crippen molar-refractivity contribution in [2.75, 3.05) is 6.54 Å². The molecule has 96 valence electrons. The molecule has 1 aromatic heterocycles. The van der Waals surface area contributed by atoms with Crippen LogP contribution in [-0.2, 0) is 20.0 Å². The molecule has 2 unspecified atom stereocenters. The molecule has 1 fully saturated rings. The molecule has 17 heavy (non-hydrogen) atoms. The average Bonchev–Trinajstić information content (AvgIpc) is 2.85. The molecule has 0 spiro atoms. The lowest BCUT2D eigenvalue weighted by molar-refractivity contribution is 0.177. The predicted molar refractivity (Wildman–Crippen MR) is 67.6 cm³/mol. The maximum Gasteiger partial charge on any atom is 0.0666 e. The smallest absolute Gasteiger partial charge is 0.0666 e. The van der Waals surface area contributed by atoms with Gasteiger partial charge in [0.15, 0.2) is 0 Å². The van der Waals surface area contributed by atoms with Crippen molar-refractivity contribution in [3.05, 3.63) is 17.5 Å². The van der Waals surface area contributed by atoms with Gasteiger partial charge in [-0.2, -0.15) is 5.10 Å². The van der Waals surface area contributed by atoms with Crippen LogP contribution in [0.25, 0.3) is 0 Å². The fraction of sp³-hybridized carbons (Fsp3) is 0.769. The Kier molecular flexibility index (Phi) is 4.18. The van der Waals surface area contributed by atoms with E-state index in [0.29, 0.717) is 5.92 Å². The third-order valence-corrected chi connectivity index (χ3v) is 3.59. The van der Waals surface area contributed by atoms with Gasteiger partial charge in [0.1, 0.15) is 0 Å². The monoisotopic (exact) mass is 237 g/mol. The van der Waals surface area contributed by atoms with Gasteiger partial charge in [0.25, 0.3) is 0 Å². The molecule has 2 rings (SSSR count). The van der Waals surface area contributed by atoms with Crippen molar-refractivity contribution < 1.29 is 5.11 Å². The molecule has 1 aliphatic carbocycles. The molecule has 0 saturated heterocycles. The second-order valence-electron chi connectivity index (χ2n) is 5.09. The van der Waals surface area contributed by atoms with Crippen LogP contribution in [0.4, 0.5) is 0 Å². The van der Waals surface area contributed by atoms with Gasteiger partial charge in [-0.1, -0.05) is 6.92 Å². The Morgan fingerprint density at radius 3 is 3.00 bits per heavy atom. The number of aromatic nitrogens is 2. The Hall–Kier alpha value is -0.870. The molecular weight excluding hydrogens is 214 g/mol. The number of aryl methyl sites for hydroxylation is 2. The van der Waals surface area contributed by atoms with Gasteiger partial charge in [0.05, 0.1) is 11.8 Å². The van der Waals surface area contributed by atoms with Crippen molar-refractivity contribution in [1.82, 2.24) is 15.1 Å². The average molecular weight is 237 g/mol. The minimum Gasteiger partial charge on any atom is -0.393 e. The van der Waals surface area contributed by atoms with Crippen LogP contribution >= 0.6 is 0 Å². The number of rotatable bonds is 5. The molecule has 1 aliphatic rings. The summed E-state index contributed by atoms with van der Waals surface area (Å²) < 4.78 is 1.88. The van der Waals surface area contributed by atoms with E-state index in [2.05, 4.69) is 23.5 Å². The summed E-state index contributed by atoms with van der Waals surface area (Å²) in [5.41, 5.74) is 2.49. The topological polar surface area (TPSA) is 50.1 Å². The standard InChI is InChI=1S/C13H23N3O/c1-3-13-11(9-16(2)15-13)8-14-7-10-4-5-12(17)6-10/h9-10,12,14,17H,3-8H2,1-2H3. The summed E-state index contributed by atoms with van der Waals surface area (Å²) in [5, 5.41) is 17.4. The normalized spacial score (nSPS) is 24.4. The van der Waals surface area contributed by atoms with Gasteiger partial charge in [0.2, 0.25) is 0 Å². The summed E-state index contributed by atoms with van der Waals surface area (Å²) in [5.74, 6) is 0.645. The van der Waals surface area contributed by atoms with E-state index in [-0.39, 0.29) is 6.10 Å². The number of aliphatic hydroxyl groups is 1.